The van der Waals surface area contributed by atoms with E-state index in [2.05, 4.69) is 19.2 Å². The summed E-state index contributed by atoms with van der Waals surface area (Å²) in [6.07, 6.45) is 3.94. The van der Waals surface area contributed by atoms with Crippen LogP contribution in [0, 0.1) is 18.3 Å². The highest BCUT2D eigenvalue weighted by molar-refractivity contribution is 5.96. The molecule has 0 radical (unpaired) electrons. The molecule has 0 atom stereocenters. The Morgan fingerprint density at radius 1 is 1.35 bits per heavy atom. The molecular formula is C18H25NO4. The number of anilines is 1. The number of rotatable bonds is 7. The standard InChI is InChI=1S/C18H25NO4/c1-12(2)10-18(7-4-8-18)17(22)19-15-6-5-14(9-13(15)3)23-11-16(20)21/h5-6,9,12H,4,7-8,10-11H2,1-3H3,(H,19,22)(H,20,21). The van der Waals surface area contributed by atoms with Gasteiger partial charge in [-0.05, 0) is 55.9 Å². The summed E-state index contributed by atoms with van der Waals surface area (Å²) in [5.41, 5.74) is 1.40. The van der Waals surface area contributed by atoms with Gasteiger partial charge in [0.15, 0.2) is 6.61 Å². The van der Waals surface area contributed by atoms with Gasteiger partial charge >= 0.3 is 5.97 Å². The molecule has 0 unspecified atom stereocenters. The average Bonchev–Trinajstić information content (AvgIpc) is 2.42. The second kappa shape index (κ2) is 7.02. The molecule has 0 aliphatic heterocycles. The van der Waals surface area contributed by atoms with Gasteiger partial charge in [0, 0.05) is 11.1 Å². The van der Waals surface area contributed by atoms with Crippen molar-refractivity contribution in [3.63, 3.8) is 0 Å². The number of hydrogen-bond donors (Lipinski definition) is 2. The Morgan fingerprint density at radius 2 is 2.04 bits per heavy atom. The van der Waals surface area contributed by atoms with Crippen molar-refractivity contribution in [2.24, 2.45) is 11.3 Å². The van der Waals surface area contributed by atoms with E-state index >= 15 is 0 Å². The summed E-state index contributed by atoms with van der Waals surface area (Å²) >= 11 is 0. The molecule has 1 aromatic carbocycles. The van der Waals surface area contributed by atoms with Crippen molar-refractivity contribution in [1.29, 1.82) is 0 Å². The molecule has 0 bridgehead atoms. The van der Waals surface area contributed by atoms with E-state index in [1.165, 1.54) is 0 Å². The monoisotopic (exact) mass is 319 g/mol. The van der Waals surface area contributed by atoms with Crippen molar-refractivity contribution in [3.8, 4) is 5.75 Å². The molecule has 2 N–H and O–H groups in total. The van der Waals surface area contributed by atoms with E-state index in [0.717, 1.165) is 36.9 Å². The lowest BCUT2D eigenvalue weighted by Crippen LogP contribution is -2.43. The van der Waals surface area contributed by atoms with Gasteiger partial charge in [-0.3, -0.25) is 4.79 Å². The van der Waals surface area contributed by atoms with Crippen molar-refractivity contribution in [1.82, 2.24) is 0 Å². The van der Waals surface area contributed by atoms with Gasteiger partial charge < -0.3 is 15.2 Å². The van der Waals surface area contributed by atoms with Crippen LogP contribution in [0.1, 0.15) is 45.1 Å². The van der Waals surface area contributed by atoms with Crippen LogP contribution >= 0.6 is 0 Å². The van der Waals surface area contributed by atoms with Gasteiger partial charge in [0.2, 0.25) is 5.91 Å². The molecule has 2 rings (SSSR count). The summed E-state index contributed by atoms with van der Waals surface area (Å²) < 4.78 is 5.15. The number of carbonyl (C=O) groups is 2. The Hall–Kier alpha value is -2.04. The first-order valence-corrected chi connectivity index (χ1v) is 8.09. The number of ether oxygens (including phenoxy) is 1. The maximum Gasteiger partial charge on any atom is 0.341 e. The van der Waals surface area contributed by atoms with E-state index in [-0.39, 0.29) is 17.9 Å². The smallest absolute Gasteiger partial charge is 0.341 e. The summed E-state index contributed by atoms with van der Waals surface area (Å²) in [6, 6.07) is 5.20. The second-order valence-corrected chi connectivity index (χ2v) is 6.85. The number of nitrogens with one attached hydrogen (secondary N) is 1. The van der Waals surface area contributed by atoms with Gasteiger partial charge in [-0.15, -0.1) is 0 Å². The van der Waals surface area contributed by atoms with E-state index in [4.69, 9.17) is 9.84 Å². The molecule has 1 fully saturated rings. The zero-order chi connectivity index (χ0) is 17.0. The molecule has 5 heteroatoms. The summed E-state index contributed by atoms with van der Waals surface area (Å²) in [5.74, 6) is 0.0674. The van der Waals surface area contributed by atoms with Gasteiger partial charge in [-0.2, -0.15) is 0 Å². The van der Waals surface area contributed by atoms with Crippen LogP contribution in [0.3, 0.4) is 0 Å². The third kappa shape index (κ3) is 4.24. The van der Waals surface area contributed by atoms with Crippen molar-refractivity contribution in [2.45, 2.75) is 46.5 Å². The lowest BCUT2D eigenvalue weighted by atomic mass is 9.64. The van der Waals surface area contributed by atoms with E-state index in [0.29, 0.717) is 11.7 Å². The predicted molar refractivity (Wildman–Crippen MR) is 88.7 cm³/mol. The van der Waals surface area contributed by atoms with Gasteiger partial charge in [0.25, 0.3) is 0 Å². The van der Waals surface area contributed by atoms with Crippen molar-refractivity contribution < 1.29 is 19.4 Å². The molecule has 0 saturated heterocycles. The quantitative estimate of drug-likeness (QED) is 0.805. The van der Waals surface area contributed by atoms with Crippen LogP contribution in [0.4, 0.5) is 5.69 Å². The Bertz CT molecular complexity index is 591. The summed E-state index contributed by atoms with van der Waals surface area (Å²) in [4.78, 5) is 23.2. The van der Waals surface area contributed by atoms with E-state index < -0.39 is 5.97 Å². The molecule has 5 nitrogen and oxygen atoms in total. The topological polar surface area (TPSA) is 75.6 Å². The fraction of sp³-hybridized carbons (Fsp3) is 0.556. The number of benzene rings is 1. The number of hydrogen-bond acceptors (Lipinski definition) is 3. The van der Waals surface area contributed by atoms with Crippen LogP contribution in [0.15, 0.2) is 18.2 Å². The molecule has 1 amide bonds. The highest BCUT2D eigenvalue weighted by Crippen LogP contribution is 2.46. The number of amides is 1. The van der Waals surface area contributed by atoms with E-state index in [9.17, 15) is 9.59 Å². The number of carboxylic acid groups (broad SMARTS) is 1. The number of carboxylic acids is 1. The first-order valence-electron chi connectivity index (χ1n) is 8.09. The Morgan fingerprint density at radius 3 is 2.52 bits per heavy atom. The average molecular weight is 319 g/mol. The van der Waals surface area contributed by atoms with Crippen LogP contribution in [0.25, 0.3) is 0 Å². The second-order valence-electron chi connectivity index (χ2n) is 6.85. The first kappa shape index (κ1) is 17.3. The summed E-state index contributed by atoms with van der Waals surface area (Å²) in [5, 5.41) is 11.7. The molecule has 23 heavy (non-hydrogen) atoms. The number of aliphatic carboxylic acids is 1. The van der Waals surface area contributed by atoms with Crippen LogP contribution in [0.2, 0.25) is 0 Å². The highest BCUT2D eigenvalue weighted by Gasteiger charge is 2.44. The molecule has 1 aliphatic carbocycles. The maximum absolute atomic E-state index is 12.7. The Kier molecular flexibility index (Phi) is 5.29. The van der Waals surface area contributed by atoms with E-state index in [1.54, 1.807) is 18.2 Å². The minimum Gasteiger partial charge on any atom is -0.482 e. The maximum atomic E-state index is 12.7. The van der Waals surface area contributed by atoms with Gasteiger partial charge in [-0.25, -0.2) is 4.79 Å². The zero-order valence-electron chi connectivity index (χ0n) is 14.0. The van der Waals surface area contributed by atoms with Crippen LogP contribution in [-0.2, 0) is 9.59 Å². The fourth-order valence-corrected chi connectivity index (χ4v) is 3.18. The van der Waals surface area contributed by atoms with Crippen LogP contribution in [0.5, 0.6) is 5.75 Å². The minimum absolute atomic E-state index is 0.0970. The third-order valence-corrected chi connectivity index (χ3v) is 4.40. The first-order chi connectivity index (χ1) is 10.8. The Balaban J connectivity index is 2.04. The van der Waals surface area contributed by atoms with Gasteiger partial charge in [-0.1, -0.05) is 20.3 Å². The molecular weight excluding hydrogens is 294 g/mol. The minimum atomic E-state index is -1.01. The SMILES string of the molecule is Cc1cc(OCC(=O)O)ccc1NC(=O)C1(CC(C)C)CCC1. The molecule has 1 aromatic rings. The van der Waals surface area contributed by atoms with Gasteiger partial charge in [0.05, 0.1) is 0 Å². The molecule has 0 spiro atoms. The molecule has 1 saturated carbocycles. The molecule has 0 heterocycles. The normalized spacial score (nSPS) is 15.8. The fourth-order valence-electron chi connectivity index (χ4n) is 3.18. The Labute approximate surface area is 137 Å². The van der Waals surface area contributed by atoms with Crippen molar-refractivity contribution in [3.05, 3.63) is 23.8 Å². The van der Waals surface area contributed by atoms with Crippen molar-refractivity contribution >= 4 is 17.6 Å². The lowest BCUT2D eigenvalue weighted by Gasteiger charge is -2.41. The molecule has 1 aliphatic rings. The van der Waals surface area contributed by atoms with Crippen LogP contribution < -0.4 is 10.1 Å². The van der Waals surface area contributed by atoms with Gasteiger partial charge in [0.1, 0.15) is 5.75 Å². The van der Waals surface area contributed by atoms with Crippen molar-refractivity contribution in [2.75, 3.05) is 11.9 Å². The molecule has 126 valence electrons. The van der Waals surface area contributed by atoms with Crippen LogP contribution in [-0.4, -0.2) is 23.6 Å². The predicted octanol–water partition coefficient (Wildman–Crippen LogP) is 3.61. The summed E-state index contributed by atoms with van der Waals surface area (Å²) in [6.45, 7) is 5.79. The molecule has 0 aromatic heterocycles. The number of aryl methyl sites for hydroxylation is 1. The number of carbonyl (C=O) groups excluding carboxylic acids is 1. The summed E-state index contributed by atoms with van der Waals surface area (Å²) in [7, 11) is 0. The largest absolute Gasteiger partial charge is 0.482 e. The third-order valence-electron chi connectivity index (χ3n) is 4.40. The lowest BCUT2D eigenvalue weighted by molar-refractivity contribution is -0.139. The van der Waals surface area contributed by atoms with E-state index in [1.807, 2.05) is 6.92 Å². The zero-order valence-corrected chi connectivity index (χ0v) is 14.0. The highest BCUT2D eigenvalue weighted by atomic mass is 16.5.